The third-order valence-electron chi connectivity index (χ3n) is 15.6. The summed E-state index contributed by atoms with van der Waals surface area (Å²) in [7, 11) is 0. The van der Waals surface area contributed by atoms with Gasteiger partial charge >= 0.3 is 5.97 Å². The molecule has 1 heterocycles. The second-order valence-corrected chi connectivity index (χ2v) is 23.2. The van der Waals surface area contributed by atoms with Crippen molar-refractivity contribution in [3.8, 4) is 0 Å². The number of esters is 1. The topological polar surface area (TPSA) is 175 Å². The van der Waals surface area contributed by atoms with Gasteiger partial charge in [-0.15, -0.1) is 0 Å². The minimum atomic E-state index is -1.62. The second-order valence-electron chi connectivity index (χ2n) is 23.2. The summed E-state index contributed by atoms with van der Waals surface area (Å²) >= 11 is 0. The number of ether oxygens (including phenoxy) is 3. The van der Waals surface area contributed by atoms with Gasteiger partial charge in [-0.05, 0) is 96.3 Å². The SMILES string of the molecule is CCCCC/C=C\C/C=C\C/C=C\C/C=C\CCCCCCCC(=O)OC1C(OCC(NC(=O)C(O)CCCCCCCCCCCC/C=C/CCCCCCCC)C(O)/C=C/CCCCCCCCCCC)OC(CO)C(O)C1O. The van der Waals surface area contributed by atoms with Crippen LogP contribution in [0.4, 0.5) is 0 Å². The molecule has 1 fully saturated rings. The Hall–Kier alpha value is -2.90. The molecule has 0 spiro atoms. The molecule has 6 N–H and O–H groups in total. The number of hydrogen-bond donors (Lipinski definition) is 6. The summed E-state index contributed by atoms with van der Waals surface area (Å²) in [5.41, 5.74) is 0. The van der Waals surface area contributed by atoms with Crippen LogP contribution in [0.2, 0.25) is 0 Å². The zero-order chi connectivity index (χ0) is 58.9. The molecule has 470 valence electrons. The quantitative estimate of drug-likeness (QED) is 0.0195. The molecular formula is C70H125NO10. The molecule has 1 rings (SSSR count). The number of hydrogen-bond acceptors (Lipinski definition) is 10. The highest BCUT2D eigenvalue weighted by Crippen LogP contribution is 2.26. The van der Waals surface area contributed by atoms with Gasteiger partial charge in [0.25, 0.3) is 0 Å². The van der Waals surface area contributed by atoms with Crippen LogP contribution in [-0.4, -0.2) is 99.6 Å². The molecule has 0 saturated carbocycles. The molecule has 8 unspecified atom stereocenters. The average Bonchev–Trinajstić information content (AvgIpc) is 3.50. The van der Waals surface area contributed by atoms with E-state index in [0.29, 0.717) is 12.8 Å². The first kappa shape index (κ1) is 76.1. The van der Waals surface area contributed by atoms with E-state index in [1.54, 1.807) is 6.08 Å². The van der Waals surface area contributed by atoms with Crippen molar-refractivity contribution in [2.45, 2.75) is 346 Å². The van der Waals surface area contributed by atoms with Crippen LogP contribution in [0.1, 0.15) is 297 Å². The van der Waals surface area contributed by atoms with E-state index >= 15 is 0 Å². The summed E-state index contributed by atoms with van der Waals surface area (Å²) < 4.78 is 17.6. The molecule has 81 heavy (non-hydrogen) atoms. The van der Waals surface area contributed by atoms with E-state index in [-0.39, 0.29) is 19.4 Å². The van der Waals surface area contributed by atoms with Crippen molar-refractivity contribution in [1.82, 2.24) is 5.32 Å². The van der Waals surface area contributed by atoms with Gasteiger partial charge in [0, 0.05) is 6.42 Å². The lowest BCUT2D eigenvalue weighted by Crippen LogP contribution is -2.61. The first-order valence-electron chi connectivity index (χ1n) is 33.7. The first-order valence-corrected chi connectivity index (χ1v) is 33.7. The van der Waals surface area contributed by atoms with E-state index in [0.717, 1.165) is 89.9 Å². The molecule has 1 saturated heterocycles. The fourth-order valence-electron chi connectivity index (χ4n) is 10.2. The first-order chi connectivity index (χ1) is 39.7. The van der Waals surface area contributed by atoms with E-state index in [2.05, 4.69) is 86.8 Å². The van der Waals surface area contributed by atoms with Crippen LogP contribution in [-0.2, 0) is 23.8 Å². The molecular weight excluding hydrogens is 1010 g/mol. The number of carbonyl (C=O) groups excluding carboxylic acids is 2. The minimum Gasteiger partial charge on any atom is -0.454 e. The summed E-state index contributed by atoms with van der Waals surface area (Å²) in [6.07, 6.45) is 63.6. The van der Waals surface area contributed by atoms with E-state index in [4.69, 9.17) is 14.2 Å². The molecule has 1 aliphatic heterocycles. The Kier molecular flexibility index (Phi) is 54.1. The lowest BCUT2D eigenvalue weighted by atomic mass is 9.99. The van der Waals surface area contributed by atoms with Crippen LogP contribution in [0, 0.1) is 0 Å². The number of aliphatic hydroxyl groups excluding tert-OH is 5. The Bertz CT molecular complexity index is 1590. The van der Waals surface area contributed by atoms with Gasteiger partial charge in [0.15, 0.2) is 12.4 Å². The van der Waals surface area contributed by atoms with Crippen LogP contribution in [0.5, 0.6) is 0 Å². The molecule has 0 aromatic rings. The van der Waals surface area contributed by atoms with Gasteiger partial charge in [-0.2, -0.15) is 0 Å². The van der Waals surface area contributed by atoms with Crippen molar-refractivity contribution in [1.29, 1.82) is 0 Å². The second kappa shape index (κ2) is 57.5. The fourth-order valence-corrected chi connectivity index (χ4v) is 10.2. The molecule has 0 radical (unpaired) electrons. The summed E-state index contributed by atoms with van der Waals surface area (Å²) in [4.78, 5) is 26.6. The van der Waals surface area contributed by atoms with Crippen molar-refractivity contribution in [2.75, 3.05) is 13.2 Å². The summed E-state index contributed by atoms with van der Waals surface area (Å²) in [6, 6.07) is -1.03. The van der Waals surface area contributed by atoms with Crippen LogP contribution >= 0.6 is 0 Å². The van der Waals surface area contributed by atoms with Crippen LogP contribution < -0.4 is 5.32 Å². The third-order valence-corrected chi connectivity index (χ3v) is 15.6. The molecule has 1 amide bonds. The monoisotopic (exact) mass is 1140 g/mol. The van der Waals surface area contributed by atoms with Gasteiger partial charge in [-0.3, -0.25) is 9.59 Å². The maximum absolute atomic E-state index is 13.5. The molecule has 11 heteroatoms. The minimum absolute atomic E-state index is 0.101. The number of aliphatic hydroxyl groups is 5. The zero-order valence-electron chi connectivity index (χ0n) is 52.1. The summed E-state index contributed by atoms with van der Waals surface area (Å²) in [5, 5.41) is 57.1. The average molecular weight is 1140 g/mol. The van der Waals surface area contributed by atoms with Gasteiger partial charge in [-0.1, -0.05) is 267 Å². The molecule has 0 aromatic heterocycles. The van der Waals surface area contributed by atoms with Crippen LogP contribution in [0.3, 0.4) is 0 Å². The van der Waals surface area contributed by atoms with Crippen LogP contribution in [0.25, 0.3) is 0 Å². The maximum atomic E-state index is 13.5. The number of unbranched alkanes of at least 4 members (excludes halogenated alkanes) is 33. The third kappa shape index (κ3) is 45.2. The molecule has 1 aliphatic rings. The highest BCUT2D eigenvalue weighted by molar-refractivity contribution is 5.80. The van der Waals surface area contributed by atoms with E-state index in [9.17, 15) is 35.1 Å². The molecule has 0 aliphatic carbocycles. The Labute approximate surface area is 496 Å². The van der Waals surface area contributed by atoms with Crippen LogP contribution in [0.15, 0.2) is 72.9 Å². The van der Waals surface area contributed by atoms with Gasteiger partial charge in [-0.25, -0.2) is 0 Å². The zero-order valence-corrected chi connectivity index (χ0v) is 52.1. The van der Waals surface area contributed by atoms with Crippen molar-refractivity contribution < 1.29 is 49.3 Å². The predicted molar refractivity (Wildman–Crippen MR) is 338 cm³/mol. The number of amides is 1. The Balaban J connectivity index is 2.62. The number of nitrogens with one attached hydrogen (secondary N) is 1. The van der Waals surface area contributed by atoms with Crippen molar-refractivity contribution >= 4 is 11.9 Å². The highest BCUT2D eigenvalue weighted by atomic mass is 16.7. The number of rotatable bonds is 57. The van der Waals surface area contributed by atoms with E-state index < -0.39 is 67.4 Å². The number of carbonyl (C=O) groups is 2. The number of allylic oxidation sites excluding steroid dienone is 11. The predicted octanol–water partition coefficient (Wildman–Crippen LogP) is 16.7. The lowest BCUT2D eigenvalue weighted by molar-refractivity contribution is -0.305. The summed E-state index contributed by atoms with van der Waals surface area (Å²) in [6.45, 7) is 5.76. The van der Waals surface area contributed by atoms with E-state index in [1.165, 1.54) is 161 Å². The normalized spacial score (nSPS) is 19.1. The smallest absolute Gasteiger partial charge is 0.306 e. The molecule has 0 aromatic carbocycles. The van der Waals surface area contributed by atoms with E-state index in [1.807, 2.05) is 6.08 Å². The molecule has 11 nitrogen and oxygen atoms in total. The van der Waals surface area contributed by atoms with Crippen molar-refractivity contribution in [2.24, 2.45) is 0 Å². The Morgan fingerprint density at radius 1 is 0.481 bits per heavy atom. The maximum Gasteiger partial charge on any atom is 0.306 e. The highest BCUT2D eigenvalue weighted by Gasteiger charge is 2.47. The van der Waals surface area contributed by atoms with Gasteiger partial charge in [0.1, 0.15) is 24.4 Å². The van der Waals surface area contributed by atoms with Gasteiger partial charge in [0.05, 0.1) is 25.4 Å². The van der Waals surface area contributed by atoms with Gasteiger partial charge in [0.2, 0.25) is 5.91 Å². The molecule has 0 bridgehead atoms. The Morgan fingerprint density at radius 3 is 1.31 bits per heavy atom. The van der Waals surface area contributed by atoms with Crippen molar-refractivity contribution in [3.05, 3.63) is 72.9 Å². The lowest BCUT2D eigenvalue weighted by Gasteiger charge is -2.41. The largest absolute Gasteiger partial charge is 0.454 e. The van der Waals surface area contributed by atoms with Crippen molar-refractivity contribution in [3.63, 3.8) is 0 Å². The molecule has 8 atom stereocenters. The standard InChI is InChI=1S/C70H125NO10/c1-4-7-10-13-16-19-22-24-26-28-30-32-34-36-38-40-43-46-49-52-55-58-65(75)81-68-67(77)66(76)64(59-72)80-70(68)79-60-61(62(73)56-53-50-47-44-41-21-18-15-12-9-6-3)71-69(78)63(74)57-54-51-48-45-42-39-37-35-33-31-29-27-25-23-20-17-14-11-8-5-2/h16,19,24-27,30,32,36,38,53,56,61-64,66-68,70,72-74,76-77H,4-15,17-18,20-23,28-29,31,33-35,37,39-52,54-55,57-60H2,1-3H3,(H,71,78)/b19-16-,26-24-,27-25+,32-30-,38-36-,56-53+. The summed E-state index contributed by atoms with van der Waals surface area (Å²) in [5.74, 6) is -1.21. The fraction of sp³-hybridized carbons (Fsp3) is 0.800. The Morgan fingerprint density at radius 2 is 0.852 bits per heavy atom. The van der Waals surface area contributed by atoms with Gasteiger partial charge < -0.3 is 45.1 Å².